The minimum absolute atomic E-state index is 0.0155. The smallest absolute Gasteiger partial charge is 0.411 e. The van der Waals surface area contributed by atoms with Crippen LogP contribution < -0.4 is 30.3 Å². The van der Waals surface area contributed by atoms with Gasteiger partial charge in [0.2, 0.25) is 17.2 Å². The van der Waals surface area contributed by atoms with E-state index in [0.717, 1.165) is 18.9 Å². The normalized spacial score (nSPS) is 35.9. The zero-order valence-electron chi connectivity index (χ0n) is 48.1. The molecule has 1 aromatic carbocycles. The van der Waals surface area contributed by atoms with Gasteiger partial charge in [0, 0.05) is 44.0 Å². The molecule has 0 saturated carbocycles. The Kier molecular flexibility index (Phi) is 25.7. The maximum Gasteiger partial charge on any atom is 0.411 e. The van der Waals surface area contributed by atoms with Gasteiger partial charge in [0.15, 0.2) is 41.8 Å². The number of fused-ring (bicyclic) bond motifs is 2. The number of aliphatic hydroxyl groups excluding tert-OH is 4. The van der Waals surface area contributed by atoms with Crippen LogP contribution in [0.4, 0.5) is 4.79 Å². The molecular weight excluding hydrogens is 1290 g/mol. The lowest BCUT2D eigenvalue weighted by atomic mass is 9.75. The largest absolute Gasteiger partial charge is 0.492 e. The number of alkyl carbamates (subject to hydrolysis) is 1. The molecule has 8 N–H and O–H groups in total. The number of likely N-dealkylation sites (N-methyl/N-ethyl adjacent to an activating group) is 1. The number of nitrogens with one attached hydrogen (secondary N) is 3. The van der Waals surface area contributed by atoms with Crippen LogP contribution in [-0.2, 0) is 52.3 Å². The molecule has 0 radical (unpaired) electrons. The van der Waals surface area contributed by atoms with E-state index in [1.807, 2.05) is 35.8 Å². The lowest BCUT2D eigenvalue weighted by Gasteiger charge is -2.46. The van der Waals surface area contributed by atoms with Crippen LogP contribution in [0.1, 0.15) is 62.9 Å². The van der Waals surface area contributed by atoms with Gasteiger partial charge in [-0.2, -0.15) is 5.48 Å². The molecule has 2 aliphatic carbocycles. The minimum Gasteiger partial charge on any atom is -0.492 e. The molecule has 4 saturated heterocycles. The number of benzene rings is 1. The van der Waals surface area contributed by atoms with Gasteiger partial charge < -0.3 is 87.7 Å². The number of ether oxygens (including phenoxy) is 12. The summed E-state index contributed by atoms with van der Waals surface area (Å²) in [7, 11) is 11.3. The monoisotopic (exact) mass is 1370 g/mol. The van der Waals surface area contributed by atoms with Crippen LogP contribution in [0.5, 0.6) is 17.2 Å². The fourth-order valence-corrected chi connectivity index (χ4v) is 14.7. The number of ketones is 1. The average molecular weight is 1370 g/mol. The maximum absolute atomic E-state index is 14.4. The van der Waals surface area contributed by atoms with E-state index >= 15 is 0 Å². The topological polar surface area (TPSA) is 308 Å². The van der Waals surface area contributed by atoms with Gasteiger partial charge in [-0.05, 0) is 90.6 Å². The zero-order chi connectivity index (χ0) is 61.2. The Balaban J connectivity index is 1.12. The van der Waals surface area contributed by atoms with Crippen LogP contribution in [0.25, 0.3) is 0 Å². The molecule has 84 heavy (non-hydrogen) atoms. The Morgan fingerprint density at radius 3 is 2.27 bits per heavy atom. The molecule has 6 aliphatic rings. The molecule has 2 bridgehead atoms. The molecule has 0 aromatic heterocycles. The van der Waals surface area contributed by atoms with E-state index < -0.39 is 127 Å². The number of Topliss-reactive ketones (excluding diaryl/α,β-unsaturated/α-hetero) is 1. The highest BCUT2D eigenvalue weighted by atomic mass is 127. The van der Waals surface area contributed by atoms with Crippen molar-refractivity contribution in [2.75, 3.05) is 60.7 Å². The van der Waals surface area contributed by atoms with Gasteiger partial charge in [0.25, 0.3) is 0 Å². The number of halogens is 1. The van der Waals surface area contributed by atoms with E-state index in [-0.39, 0.29) is 71.2 Å². The lowest BCUT2D eigenvalue weighted by molar-refractivity contribution is -0.336. The number of allylic oxidation sites excluding steroid dienone is 3. The Labute approximate surface area is 517 Å². The van der Waals surface area contributed by atoms with Crippen molar-refractivity contribution in [3.05, 3.63) is 49.8 Å². The molecule has 0 unspecified atom stereocenters. The average Bonchev–Trinajstić information content (AvgIpc) is 1.36. The molecule has 19 atom stereocenters. The van der Waals surface area contributed by atoms with E-state index in [9.17, 15) is 39.9 Å². The molecule has 29 heteroatoms. The highest BCUT2D eigenvalue weighted by molar-refractivity contribution is 14.1. The summed E-state index contributed by atoms with van der Waals surface area (Å²) in [4.78, 5) is 47.5. The second-order valence-corrected chi connectivity index (χ2v) is 26.7. The number of methoxy groups -OCH3 is 5. The van der Waals surface area contributed by atoms with Crippen LogP contribution in [0.15, 0.2) is 35.1 Å². The predicted octanol–water partition coefficient (Wildman–Crippen LogP) is 3.20. The Hall–Kier alpha value is -2.94. The van der Waals surface area contributed by atoms with Crippen molar-refractivity contribution in [1.29, 1.82) is 0 Å². The number of hydroxylamine groups is 1. The number of rotatable bonds is 22. The van der Waals surface area contributed by atoms with Crippen LogP contribution in [0.2, 0.25) is 0 Å². The first-order chi connectivity index (χ1) is 40.2. The van der Waals surface area contributed by atoms with Gasteiger partial charge in [-0.15, -0.1) is 0 Å². The number of carbonyl (C=O) groups excluding carboxylic acids is 3. The number of amides is 1. The fraction of sp³-hybridized carbons (Fsp3) is 0.655. The van der Waals surface area contributed by atoms with Crippen molar-refractivity contribution in [2.45, 2.75) is 169 Å². The summed E-state index contributed by atoms with van der Waals surface area (Å²) in [5.41, 5.74) is 1.30. The zero-order valence-corrected chi connectivity index (χ0v) is 53.6. The molecule has 4 aliphatic heterocycles. The number of thioether (sulfide) groups is 1. The number of hydrogen-bond donors (Lipinski definition) is 8. The van der Waals surface area contributed by atoms with E-state index in [0.29, 0.717) is 21.4 Å². The molecule has 1 aromatic rings. The third kappa shape index (κ3) is 15.7. The Morgan fingerprint density at radius 2 is 1.61 bits per heavy atom. The van der Waals surface area contributed by atoms with Gasteiger partial charge >= 0.3 is 6.09 Å². The van der Waals surface area contributed by atoms with E-state index in [4.69, 9.17) is 61.7 Å². The van der Waals surface area contributed by atoms with Crippen LogP contribution in [0.3, 0.4) is 0 Å². The van der Waals surface area contributed by atoms with Gasteiger partial charge in [0.1, 0.15) is 36.6 Å². The molecular formula is C55H74IN3O21S4. The first kappa shape index (κ1) is 68.5. The summed E-state index contributed by atoms with van der Waals surface area (Å²) >= 11 is 2.83. The first-order valence-corrected chi connectivity index (χ1v) is 32.9. The molecule has 466 valence electrons. The second-order valence-electron chi connectivity index (χ2n) is 20.1. The van der Waals surface area contributed by atoms with E-state index in [1.165, 1.54) is 64.9 Å². The van der Waals surface area contributed by atoms with Gasteiger partial charge in [-0.1, -0.05) is 70.0 Å². The number of aliphatic hydroxyl groups is 5. The predicted molar refractivity (Wildman–Crippen MR) is 320 cm³/mol. The van der Waals surface area contributed by atoms with Crippen LogP contribution in [0, 0.1) is 34.2 Å². The van der Waals surface area contributed by atoms with Crippen molar-refractivity contribution >= 4 is 82.8 Å². The number of hydrogen-bond acceptors (Lipinski definition) is 27. The van der Waals surface area contributed by atoms with Gasteiger partial charge in [-0.25, -0.2) is 4.79 Å². The summed E-state index contributed by atoms with van der Waals surface area (Å²) in [6, 6.07) is -1.27. The fourth-order valence-electron chi connectivity index (χ4n) is 10.5. The maximum atomic E-state index is 14.4. The SMILES string of the molecule is CCN[C@H]1CO[C@@H](O[C@H]2[C@H](O[C@H]3C#C/C=C/C#C[C@@]4(O)CC(=O)C(NC(=O)OC)=C3/C4=C/CSSSC)O[C@H](C)[C@@H](NO[C@H]3C[C@H](O)[C@H](SC(=O)c4c(C)c(I)c(O[C@@H]5O[C@@H](C)[C@H](O)[C@@H](OC)[C@H]5O)c(OC)c4OC)[C@@H](C)O3)[C@@H]2O)C[C@@H]1OC. The van der Waals surface area contributed by atoms with E-state index in [2.05, 4.69) is 39.8 Å². The second kappa shape index (κ2) is 31.5. The molecule has 4 fully saturated rings. The van der Waals surface area contributed by atoms with Crippen molar-refractivity contribution in [1.82, 2.24) is 16.1 Å². The highest BCUT2D eigenvalue weighted by Crippen LogP contribution is 2.49. The summed E-state index contributed by atoms with van der Waals surface area (Å²) in [6.07, 6.45) is -11.9. The van der Waals surface area contributed by atoms with Crippen LogP contribution in [-0.4, -0.2) is 218 Å². The minimum atomic E-state index is -2.05. The highest BCUT2D eigenvalue weighted by Gasteiger charge is 2.52. The Bertz CT molecular complexity index is 2710. The summed E-state index contributed by atoms with van der Waals surface area (Å²) in [5, 5.41) is 62.7. The quantitative estimate of drug-likeness (QED) is 0.0272. The van der Waals surface area contributed by atoms with Gasteiger partial charge in [-0.3, -0.25) is 19.7 Å². The lowest BCUT2D eigenvalue weighted by Crippen LogP contribution is -2.65. The third-order valence-corrected chi connectivity index (χ3v) is 21.2. The summed E-state index contributed by atoms with van der Waals surface area (Å²) < 4.78 is 72.5. The molecule has 1 amide bonds. The van der Waals surface area contributed by atoms with Gasteiger partial charge in [0.05, 0.1) is 97.0 Å². The van der Waals surface area contributed by atoms with Crippen molar-refractivity contribution in [2.24, 2.45) is 0 Å². The molecule has 4 heterocycles. The van der Waals surface area contributed by atoms with Crippen LogP contribution >= 0.6 is 65.8 Å². The Morgan fingerprint density at radius 1 is 0.881 bits per heavy atom. The molecule has 24 nitrogen and oxygen atoms in total. The summed E-state index contributed by atoms with van der Waals surface area (Å²) in [6.45, 7) is 9.41. The van der Waals surface area contributed by atoms with Crippen molar-refractivity contribution < 1.29 is 102 Å². The first-order valence-electron chi connectivity index (χ1n) is 26.9. The molecule has 0 spiro atoms. The van der Waals surface area contributed by atoms with E-state index in [1.54, 1.807) is 40.9 Å². The molecule has 7 rings (SSSR count). The standard InChI is InChI=1S/C55H74IN3O21S4/c1-12-57-30-24-73-35(22-34(30)68-6)78-48-43(63)40(26(3)75-53(48)77-33-17-15-13-14-16-19-55(67)23-32(61)41(58-54(66)72-10)38(33)29(55)18-20-82-84-81-11)59-80-36-21-31(60)50(28(5)74-36)83-51(65)37-25(2)39(56)46(49(71-9)45(37)69-7)79-52-44(64)47(70-8)42(62)27(4)76-52/h13-14,18,26-28,30-31,33-36,40,42-44,47-48,50,52-53,57,59-60,62-64,67H,12,20-24H2,1-11H3,(H,58,66)/b14-13+,29-18-/t26-,27+,28-,30+,31+,33+,34+,35+,36+,40-,42+,43+,44-,47-,48-,50-,52+,53+,55-/m1/s1. The van der Waals surface area contributed by atoms with Crippen molar-refractivity contribution in [3.8, 4) is 40.9 Å². The number of carbonyl (C=O) groups is 3. The summed E-state index contributed by atoms with van der Waals surface area (Å²) in [5.74, 6) is 11.3. The van der Waals surface area contributed by atoms with Crippen molar-refractivity contribution in [3.63, 3.8) is 0 Å². The third-order valence-electron chi connectivity index (χ3n) is 14.8.